The van der Waals surface area contributed by atoms with E-state index in [9.17, 15) is 32.7 Å². The first-order valence-electron chi connectivity index (χ1n) is 19.8. The summed E-state index contributed by atoms with van der Waals surface area (Å²) < 4.78 is 22.7. The fraction of sp³-hybridized carbons (Fsp3) is 0.821. The molecule has 1 aliphatic rings. The minimum absolute atomic E-state index is 0.120. The summed E-state index contributed by atoms with van der Waals surface area (Å²) in [6.45, 7) is 26.5. The summed E-state index contributed by atoms with van der Waals surface area (Å²) in [5.41, 5.74) is -1.11. The number of hydrogen-bond acceptors (Lipinski definition) is 7. The van der Waals surface area contributed by atoms with Crippen LogP contribution in [0.4, 0.5) is 4.79 Å². The third-order valence-corrected chi connectivity index (χ3v) is 10.8. The molecule has 5 amide bonds. The van der Waals surface area contributed by atoms with E-state index in [1.54, 1.807) is 4.90 Å². The molecule has 0 aliphatic carbocycles. The van der Waals surface area contributed by atoms with Crippen LogP contribution in [0, 0.1) is 22.7 Å². The average molecular weight is 784 g/mol. The second-order valence-electron chi connectivity index (χ2n) is 17.4. The Hall–Kier alpha value is -2.88. The minimum Gasteiger partial charge on any atom is -0.346 e. The van der Waals surface area contributed by atoms with Crippen molar-refractivity contribution in [3.05, 3.63) is 12.7 Å². The molecule has 6 N–H and O–H groups in total. The fourth-order valence-electron chi connectivity index (χ4n) is 6.69. The molecular weight excluding hydrogens is 711 g/mol. The molecule has 0 aromatic heterocycles. The van der Waals surface area contributed by atoms with E-state index in [0.29, 0.717) is 51.9 Å². The molecule has 0 aromatic rings. The lowest BCUT2D eigenvalue weighted by Gasteiger charge is -2.38. The average Bonchev–Trinajstić information content (AvgIpc) is 3.47. The molecule has 6 atom stereocenters. The van der Waals surface area contributed by atoms with E-state index in [4.69, 9.17) is 0 Å². The quantitative estimate of drug-likeness (QED) is 0.0386. The van der Waals surface area contributed by atoms with Crippen molar-refractivity contribution in [2.24, 2.45) is 22.7 Å². The first-order valence-corrected chi connectivity index (χ1v) is 20.8. The lowest BCUT2D eigenvalue weighted by Crippen LogP contribution is -2.62. The summed E-state index contributed by atoms with van der Waals surface area (Å²) in [7, 11) is 0. The lowest BCUT2D eigenvalue weighted by atomic mass is 9.84. The number of Topliss-reactive ketones (excluding diaryl/α,β-unsaturated/α-hetero) is 1. The van der Waals surface area contributed by atoms with Gasteiger partial charge >= 0.3 is 6.03 Å². The summed E-state index contributed by atoms with van der Waals surface area (Å²) in [4.78, 5) is 70.0. The zero-order valence-corrected chi connectivity index (χ0v) is 35.8. The summed E-state index contributed by atoms with van der Waals surface area (Å²) in [5, 5.41) is 14.6. The van der Waals surface area contributed by atoms with Crippen molar-refractivity contribution in [3.63, 3.8) is 0 Å². The molecule has 0 saturated carbocycles. The van der Waals surface area contributed by atoms with E-state index < -0.39 is 64.3 Å². The third-order valence-electron chi connectivity index (χ3n) is 9.83. The van der Waals surface area contributed by atoms with E-state index in [1.165, 1.54) is 10.4 Å². The van der Waals surface area contributed by atoms with Crippen molar-refractivity contribution in [2.75, 3.05) is 32.7 Å². The molecule has 0 bridgehead atoms. The zero-order chi connectivity index (χ0) is 41.4. The van der Waals surface area contributed by atoms with Crippen LogP contribution < -0.4 is 26.6 Å². The van der Waals surface area contributed by atoms with Crippen LogP contribution in [-0.2, 0) is 30.4 Å². The largest absolute Gasteiger partial charge is 0.346 e. The molecule has 1 rings (SSSR count). The van der Waals surface area contributed by atoms with Crippen LogP contribution >= 0.6 is 0 Å². The summed E-state index contributed by atoms with van der Waals surface area (Å²) in [5.74, 6) is -2.34. The predicted molar refractivity (Wildman–Crippen MR) is 216 cm³/mol. The Morgan fingerprint density at radius 3 is 2.13 bits per heavy atom. The van der Waals surface area contributed by atoms with Crippen LogP contribution in [0.1, 0.15) is 121 Å². The minimum atomic E-state index is -2.10. The number of ketones is 1. The van der Waals surface area contributed by atoms with Crippen molar-refractivity contribution in [3.8, 4) is 0 Å². The van der Waals surface area contributed by atoms with Crippen LogP contribution in [0.3, 0.4) is 0 Å². The predicted octanol–water partition coefficient (Wildman–Crippen LogP) is 4.14. The second-order valence-corrected chi connectivity index (χ2v) is 18.4. The van der Waals surface area contributed by atoms with Gasteiger partial charge in [-0.2, -0.15) is 4.31 Å². The smallest absolute Gasteiger partial charge is 0.315 e. The molecule has 0 aromatic carbocycles. The molecule has 2 unspecified atom stereocenters. The van der Waals surface area contributed by atoms with Crippen LogP contribution in [0.5, 0.6) is 0 Å². The fourth-order valence-corrected chi connectivity index (χ4v) is 7.30. The maximum atomic E-state index is 14.5. The molecule has 15 heteroatoms. The van der Waals surface area contributed by atoms with Crippen LogP contribution in [0.2, 0.25) is 0 Å². The number of urea groups is 1. The Bertz CT molecular complexity index is 1260. The van der Waals surface area contributed by atoms with Gasteiger partial charge in [-0.05, 0) is 55.8 Å². The Kier molecular flexibility index (Phi) is 21.2. The molecule has 1 saturated heterocycles. The van der Waals surface area contributed by atoms with E-state index in [1.807, 2.05) is 55.4 Å². The Morgan fingerprint density at radius 2 is 1.61 bits per heavy atom. The summed E-state index contributed by atoms with van der Waals surface area (Å²) >= 11 is -2.10. The van der Waals surface area contributed by atoms with Crippen LogP contribution in [0.25, 0.3) is 0 Å². The highest BCUT2D eigenvalue weighted by molar-refractivity contribution is 7.76. The Balaban J connectivity index is 3.30. The van der Waals surface area contributed by atoms with E-state index >= 15 is 0 Å². The number of likely N-dealkylation sites (tertiary alicyclic amines) is 1. The van der Waals surface area contributed by atoms with Gasteiger partial charge in [0.25, 0.3) is 5.91 Å². The first kappa shape index (κ1) is 49.1. The van der Waals surface area contributed by atoms with Crippen molar-refractivity contribution in [1.82, 2.24) is 35.8 Å². The summed E-state index contributed by atoms with van der Waals surface area (Å²) in [6.07, 6.45) is 6.49. The van der Waals surface area contributed by atoms with Gasteiger partial charge in [-0.15, -0.1) is 6.58 Å². The van der Waals surface area contributed by atoms with Crippen molar-refractivity contribution in [1.29, 1.82) is 0 Å². The Labute approximate surface area is 328 Å². The third kappa shape index (κ3) is 16.5. The van der Waals surface area contributed by atoms with Crippen molar-refractivity contribution < 1.29 is 32.7 Å². The van der Waals surface area contributed by atoms with Crippen LogP contribution in [0.15, 0.2) is 12.7 Å². The lowest BCUT2D eigenvalue weighted by molar-refractivity contribution is -0.144. The van der Waals surface area contributed by atoms with Gasteiger partial charge in [0.2, 0.25) is 28.9 Å². The van der Waals surface area contributed by atoms with Crippen molar-refractivity contribution in [2.45, 2.75) is 151 Å². The van der Waals surface area contributed by atoms with Gasteiger partial charge in [-0.1, -0.05) is 94.1 Å². The van der Waals surface area contributed by atoms with Gasteiger partial charge in [-0.3, -0.25) is 23.7 Å². The molecule has 312 valence electrons. The maximum Gasteiger partial charge on any atom is 0.315 e. The van der Waals surface area contributed by atoms with Gasteiger partial charge in [0.15, 0.2) is 0 Å². The number of hydrogen-bond donors (Lipinski definition) is 6. The van der Waals surface area contributed by atoms with Gasteiger partial charge in [-0.25, -0.2) is 9.00 Å². The highest BCUT2D eigenvalue weighted by Gasteiger charge is 2.47. The topological polar surface area (TPSA) is 189 Å². The van der Waals surface area contributed by atoms with E-state index in [0.717, 1.165) is 19.3 Å². The number of rotatable bonds is 23. The highest BCUT2D eigenvalue weighted by Crippen LogP contribution is 2.33. The van der Waals surface area contributed by atoms with Gasteiger partial charge in [0.05, 0.1) is 6.04 Å². The monoisotopic (exact) mass is 784 g/mol. The number of nitrogens with one attached hydrogen (secondary N) is 5. The first-order chi connectivity index (χ1) is 25.1. The van der Waals surface area contributed by atoms with Gasteiger partial charge in [0.1, 0.15) is 12.1 Å². The maximum absolute atomic E-state index is 14.5. The number of nitrogens with zero attached hydrogens (tertiary/aromatic N) is 2. The number of carbonyl (C=O) groups is 5. The highest BCUT2D eigenvalue weighted by atomic mass is 32.2. The van der Waals surface area contributed by atoms with E-state index in [-0.39, 0.29) is 35.9 Å². The SMILES string of the molecule is C=CCNC(=O)C(=O)C(CCCCCC)NC(=O)[C@@H]1[C@@H](CC(C)C)CCN1C(=O)[C@@H](NC(=O)N[C@H](CNCCN(C(C)C)S(=O)O)C(C)(C)C)C(C)(C)C. The van der Waals surface area contributed by atoms with Gasteiger partial charge in [0, 0.05) is 44.8 Å². The number of amides is 5. The normalized spacial score (nSPS) is 18.6. The van der Waals surface area contributed by atoms with Crippen molar-refractivity contribution >= 4 is 40.8 Å². The number of unbranched alkanes of at least 4 members (excludes halogenated alkanes) is 3. The van der Waals surface area contributed by atoms with Gasteiger partial charge < -0.3 is 31.5 Å². The second kappa shape index (κ2) is 23.2. The zero-order valence-electron chi connectivity index (χ0n) is 35.0. The van der Waals surface area contributed by atoms with Crippen LogP contribution in [-0.4, -0.2) is 110 Å². The summed E-state index contributed by atoms with van der Waals surface area (Å²) in [6, 6.07) is -3.94. The molecule has 1 fully saturated rings. The Morgan fingerprint density at radius 1 is 0.963 bits per heavy atom. The molecule has 14 nitrogen and oxygen atoms in total. The molecule has 0 spiro atoms. The van der Waals surface area contributed by atoms with E-state index in [2.05, 4.69) is 53.9 Å². The molecule has 0 radical (unpaired) electrons. The molecule has 1 heterocycles. The molecular formula is C39H73N7O7S. The molecule has 54 heavy (non-hydrogen) atoms. The molecule has 1 aliphatic heterocycles. The standard InChI is InChI=1S/C39H73N7O7S/c1-13-15-16-17-18-29(32(47)35(49)41-20-14-2)42-34(48)31-28(24-26(3)4)19-22-45(31)36(50)33(39(10,11)12)44-37(51)43-30(38(7,8)9)25-40-21-23-46(27(5)6)54(52)53/h14,26-31,33,40H,2,13,15-25H2,1,3-12H3,(H,41,49)(H,42,48)(H,52,53)(H2,43,44,51)/t28-,29?,30-,31+,33-/m1/s1. The number of carbonyl (C=O) groups excluding carboxylic acids is 5.